The van der Waals surface area contributed by atoms with Crippen molar-refractivity contribution < 1.29 is 23.5 Å². The lowest BCUT2D eigenvalue weighted by molar-refractivity contribution is -0.114. The van der Waals surface area contributed by atoms with Gasteiger partial charge in [0, 0.05) is 0 Å². The summed E-state index contributed by atoms with van der Waals surface area (Å²) in [6.07, 6.45) is 0. The average molecular weight is 289 g/mol. The van der Waals surface area contributed by atoms with Crippen molar-refractivity contribution in [2.24, 2.45) is 0 Å². The molecule has 3 rings (SSSR count). The van der Waals surface area contributed by atoms with Crippen LogP contribution in [0.3, 0.4) is 0 Å². The molecule has 0 fully saturated rings. The second-order valence-corrected chi connectivity index (χ2v) is 4.64. The largest absolute Gasteiger partial charge is 0.508 e. The summed E-state index contributed by atoms with van der Waals surface area (Å²) >= 11 is 0. The zero-order chi connectivity index (χ0) is 15.1. The minimum absolute atomic E-state index is 0.0228. The number of phenols is 1. The Morgan fingerprint density at radius 2 is 1.76 bits per heavy atom. The summed E-state index contributed by atoms with van der Waals surface area (Å²) in [5, 5.41) is 9.39. The van der Waals surface area contributed by atoms with Crippen LogP contribution in [-0.4, -0.2) is 16.8 Å². The first-order valence-corrected chi connectivity index (χ1v) is 6.11. The Morgan fingerprint density at radius 3 is 2.48 bits per heavy atom. The van der Waals surface area contributed by atoms with Gasteiger partial charge in [0.2, 0.25) is 0 Å². The molecule has 1 N–H and O–H groups in total. The van der Waals surface area contributed by atoms with Crippen molar-refractivity contribution in [3.05, 3.63) is 59.2 Å². The standard InChI is InChI=1S/C15H9F2NO3/c16-10-4-5-11(17)13-12(10)14(20)15(21)18(13)7-8-2-1-3-9(19)6-8/h1-6,19H,7H2. The number of ketones is 1. The van der Waals surface area contributed by atoms with Gasteiger partial charge in [-0.1, -0.05) is 12.1 Å². The molecule has 21 heavy (non-hydrogen) atoms. The third kappa shape index (κ3) is 2.05. The topological polar surface area (TPSA) is 57.6 Å². The Hall–Kier alpha value is -2.76. The quantitative estimate of drug-likeness (QED) is 0.864. The van der Waals surface area contributed by atoms with E-state index in [9.17, 15) is 23.5 Å². The fourth-order valence-electron chi connectivity index (χ4n) is 2.34. The van der Waals surface area contributed by atoms with E-state index in [0.717, 1.165) is 17.0 Å². The molecule has 0 aliphatic carbocycles. The van der Waals surface area contributed by atoms with Gasteiger partial charge in [0.25, 0.3) is 11.7 Å². The molecule has 4 nitrogen and oxygen atoms in total. The predicted octanol–water partition coefficient (Wildman–Crippen LogP) is 2.40. The highest BCUT2D eigenvalue weighted by atomic mass is 19.1. The van der Waals surface area contributed by atoms with Gasteiger partial charge in [0.05, 0.1) is 17.8 Å². The molecule has 1 amide bonds. The van der Waals surface area contributed by atoms with Crippen LogP contribution >= 0.6 is 0 Å². The second-order valence-electron chi connectivity index (χ2n) is 4.64. The molecule has 0 saturated carbocycles. The number of anilines is 1. The van der Waals surface area contributed by atoms with Crippen LogP contribution < -0.4 is 4.90 Å². The number of aromatic hydroxyl groups is 1. The molecule has 0 unspecified atom stereocenters. The molecule has 0 bridgehead atoms. The van der Waals surface area contributed by atoms with Gasteiger partial charge in [-0.2, -0.15) is 0 Å². The van der Waals surface area contributed by atoms with Gasteiger partial charge in [-0.05, 0) is 29.8 Å². The SMILES string of the molecule is O=C1C(=O)N(Cc2cccc(O)c2)c2c(F)ccc(F)c21. The van der Waals surface area contributed by atoms with Crippen LogP contribution in [0.1, 0.15) is 15.9 Å². The number of rotatable bonds is 2. The van der Waals surface area contributed by atoms with E-state index in [1.807, 2.05) is 0 Å². The van der Waals surface area contributed by atoms with E-state index in [0.29, 0.717) is 5.56 Å². The number of phenolic OH excluding ortho intramolecular Hbond substituents is 1. The van der Waals surface area contributed by atoms with Crippen LogP contribution in [0.2, 0.25) is 0 Å². The molecule has 0 aromatic heterocycles. The summed E-state index contributed by atoms with van der Waals surface area (Å²) in [5.41, 5.74) is -0.402. The van der Waals surface area contributed by atoms with E-state index in [1.165, 1.54) is 12.1 Å². The number of fused-ring (bicyclic) bond motifs is 1. The van der Waals surface area contributed by atoms with Gasteiger partial charge < -0.3 is 5.11 Å². The van der Waals surface area contributed by atoms with Gasteiger partial charge in [-0.3, -0.25) is 14.5 Å². The number of nitrogens with zero attached hydrogens (tertiary/aromatic N) is 1. The number of halogens is 2. The maximum absolute atomic E-state index is 13.9. The van der Waals surface area contributed by atoms with E-state index in [4.69, 9.17) is 0 Å². The number of amides is 1. The Balaban J connectivity index is 2.08. The summed E-state index contributed by atoms with van der Waals surface area (Å²) in [4.78, 5) is 24.6. The number of Topliss-reactive ketones (excluding diaryl/α,β-unsaturated/α-hetero) is 1. The average Bonchev–Trinajstić information content (AvgIpc) is 2.69. The van der Waals surface area contributed by atoms with Crippen molar-refractivity contribution in [2.45, 2.75) is 6.54 Å². The maximum Gasteiger partial charge on any atom is 0.299 e. The van der Waals surface area contributed by atoms with Gasteiger partial charge in [0.1, 0.15) is 17.4 Å². The molecule has 1 aliphatic rings. The van der Waals surface area contributed by atoms with Gasteiger partial charge >= 0.3 is 0 Å². The molecule has 0 spiro atoms. The third-order valence-electron chi connectivity index (χ3n) is 3.27. The Morgan fingerprint density at radius 1 is 1.05 bits per heavy atom. The molecule has 1 heterocycles. The lowest BCUT2D eigenvalue weighted by atomic mass is 10.1. The number of carbonyl (C=O) groups excluding carboxylic acids is 2. The lowest BCUT2D eigenvalue weighted by Crippen LogP contribution is -2.29. The molecular formula is C15H9F2NO3. The molecule has 2 aromatic rings. The van der Waals surface area contributed by atoms with Crippen molar-refractivity contribution in [1.82, 2.24) is 0 Å². The highest BCUT2D eigenvalue weighted by Gasteiger charge is 2.40. The number of carbonyl (C=O) groups is 2. The monoisotopic (exact) mass is 289 g/mol. The normalized spacial score (nSPS) is 13.7. The maximum atomic E-state index is 13.9. The molecule has 6 heteroatoms. The van der Waals surface area contributed by atoms with E-state index in [2.05, 4.69) is 0 Å². The zero-order valence-electron chi connectivity index (χ0n) is 10.6. The molecule has 106 valence electrons. The smallest absolute Gasteiger partial charge is 0.299 e. The molecule has 0 saturated heterocycles. The van der Waals surface area contributed by atoms with Gasteiger partial charge in [-0.25, -0.2) is 8.78 Å². The summed E-state index contributed by atoms with van der Waals surface area (Å²) in [7, 11) is 0. The molecule has 0 atom stereocenters. The number of hydrogen-bond donors (Lipinski definition) is 1. The van der Waals surface area contributed by atoms with Crippen LogP contribution in [-0.2, 0) is 11.3 Å². The van der Waals surface area contributed by atoms with Crippen molar-refractivity contribution in [1.29, 1.82) is 0 Å². The zero-order valence-corrected chi connectivity index (χ0v) is 10.6. The van der Waals surface area contributed by atoms with Crippen molar-refractivity contribution >= 4 is 17.4 Å². The summed E-state index contributed by atoms with van der Waals surface area (Å²) in [6, 6.07) is 7.66. The Bertz CT molecular complexity index is 774. The van der Waals surface area contributed by atoms with Crippen molar-refractivity contribution in [3.63, 3.8) is 0 Å². The molecule has 0 radical (unpaired) electrons. The van der Waals surface area contributed by atoms with Crippen LogP contribution in [0, 0.1) is 11.6 Å². The van der Waals surface area contributed by atoms with E-state index in [-0.39, 0.29) is 18.0 Å². The van der Waals surface area contributed by atoms with Crippen LogP contribution in [0.4, 0.5) is 14.5 Å². The van der Waals surface area contributed by atoms with Crippen LogP contribution in [0.5, 0.6) is 5.75 Å². The first kappa shape index (κ1) is 13.2. The molecular weight excluding hydrogens is 280 g/mol. The van der Waals surface area contributed by atoms with Crippen LogP contribution in [0.25, 0.3) is 0 Å². The lowest BCUT2D eigenvalue weighted by Gasteiger charge is -2.17. The molecule has 1 aliphatic heterocycles. The van der Waals surface area contributed by atoms with Gasteiger partial charge in [0.15, 0.2) is 0 Å². The number of hydrogen-bond acceptors (Lipinski definition) is 3. The predicted molar refractivity (Wildman–Crippen MR) is 70.0 cm³/mol. The minimum atomic E-state index is -1.07. The van der Waals surface area contributed by atoms with Crippen molar-refractivity contribution in [2.75, 3.05) is 4.90 Å². The fraction of sp³-hybridized carbons (Fsp3) is 0.0667. The minimum Gasteiger partial charge on any atom is -0.508 e. The van der Waals surface area contributed by atoms with E-state index >= 15 is 0 Å². The Kier molecular flexibility index (Phi) is 2.94. The van der Waals surface area contributed by atoms with Gasteiger partial charge in [-0.15, -0.1) is 0 Å². The summed E-state index contributed by atoms with van der Waals surface area (Å²) in [6.45, 7) is -0.133. The summed E-state index contributed by atoms with van der Waals surface area (Å²) < 4.78 is 27.6. The first-order chi connectivity index (χ1) is 9.99. The third-order valence-corrected chi connectivity index (χ3v) is 3.27. The van der Waals surface area contributed by atoms with E-state index in [1.54, 1.807) is 12.1 Å². The Labute approximate surface area is 118 Å². The number of benzene rings is 2. The van der Waals surface area contributed by atoms with Crippen molar-refractivity contribution in [3.8, 4) is 5.75 Å². The van der Waals surface area contributed by atoms with E-state index < -0.39 is 28.9 Å². The first-order valence-electron chi connectivity index (χ1n) is 6.11. The highest BCUT2D eigenvalue weighted by Crippen LogP contribution is 2.34. The second kappa shape index (κ2) is 4.66. The highest BCUT2D eigenvalue weighted by molar-refractivity contribution is 6.52. The molecule has 2 aromatic carbocycles. The fourth-order valence-corrected chi connectivity index (χ4v) is 2.34. The summed E-state index contributed by atoms with van der Waals surface area (Å²) in [5.74, 6) is -3.85. The van der Waals surface area contributed by atoms with Crippen LogP contribution in [0.15, 0.2) is 36.4 Å².